The maximum Gasteiger partial charge on any atom is 0.305 e. The largest absolute Gasteiger partial charge is 0.481 e. The van der Waals surface area contributed by atoms with Gasteiger partial charge in [0.1, 0.15) is 24.2 Å². The Hall–Kier alpha value is -5.22. The van der Waals surface area contributed by atoms with E-state index in [1.54, 1.807) is 30.3 Å². The van der Waals surface area contributed by atoms with Crippen molar-refractivity contribution in [3.63, 3.8) is 0 Å². The molecular weight excluding hydrogens is 614 g/mol. The van der Waals surface area contributed by atoms with Gasteiger partial charge in [0.25, 0.3) is 0 Å². The lowest BCUT2D eigenvalue weighted by molar-refractivity contribution is -0.146. The van der Waals surface area contributed by atoms with Gasteiger partial charge in [0.05, 0.1) is 19.5 Å². The zero-order valence-corrected chi connectivity index (χ0v) is 26.8. The molecule has 0 unspecified atom stereocenters. The summed E-state index contributed by atoms with van der Waals surface area (Å²) in [4.78, 5) is 95.9. The Morgan fingerprint density at radius 1 is 0.894 bits per heavy atom. The number of aliphatic imine (C=N–C) groups is 1. The summed E-state index contributed by atoms with van der Waals surface area (Å²) in [6, 6.07) is 3.64. The van der Waals surface area contributed by atoms with Gasteiger partial charge in [-0.15, -0.1) is 0 Å². The molecule has 6 amide bonds. The Kier molecular flexibility index (Phi) is 15.1. The molecule has 1 aromatic rings. The van der Waals surface area contributed by atoms with Gasteiger partial charge in [-0.25, -0.2) is 0 Å². The number of hydrogen-bond donors (Lipinski definition) is 8. The first-order valence-electron chi connectivity index (χ1n) is 15.2. The molecule has 1 aromatic carbocycles. The van der Waals surface area contributed by atoms with Gasteiger partial charge in [0.2, 0.25) is 35.4 Å². The lowest BCUT2D eigenvalue weighted by Gasteiger charge is -2.32. The summed E-state index contributed by atoms with van der Waals surface area (Å²) in [5.41, 5.74) is 11.3. The third-order valence-corrected chi connectivity index (χ3v) is 7.19. The number of hydrogen-bond acceptors (Lipinski definition) is 8. The third kappa shape index (κ3) is 13.3. The van der Waals surface area contributed by atoms with Crippen LogP contribution >= 0.6 is 0 Å². The molecule has 1 aliphatic heterocycles. The van der Waals surface area contributed by atoms with Gasteiger partial charge in [-0.2, -0.15) is 0 Å². The van der Waals surface area contributed by atoms with Gasteiger partial charge in [-0.3, -0.25) is 38.6 Å². The van der Waals surface area contributed by atoms with Crippen LogP contribution in [0, 0.1) is 5.92 Å². The predicted molar refractivity (Wildman–Crippen MR) is 170 cm³/mol. The fourth-order valence-electron chi connectivity index (χ4n) is 4.83. The van der Waals surface area contributed by atoms with Crippen LogP contribution in [0.5, 0.6) is 0 Å². The highest BCUT2D eigenvalue weighted by Crippen LogP contribution is 2.13. The van der Waals surface area contributed by atoms with Crippen molar-refractivity contribution < 1.29 is 38.7 Å². The Bertz CT molecular complexity index is 1320. The van der Waals surface area contributed by atoms with Gasteiger partial charge in [0, 0.05) is 20.0 Å². The summed E-state index contributed by atoms with van der Waals surface area (Å²) >= 11 is 0. The van der Waals surface area contributed by atoms with Crippen LogP contribution in [0.4, 0.5) is 0 Å². The molecule has 0 radical (unpaired) electrons. The molecule has 2 rings (SSSR count). The fourth-order valence-corrected chi connectivity index (χ4v) is 4.83. The topological polar surface area (TPSA) is 268 Å². The number of carbonyl (C=O) groups excluding carboxylic acids is 6. The van der Waals surface area contributed by atoms with Gasteiger partial charge in [0.15, 0.2) is 5.96 Å². The van der Waals surface area contributed by atoms with E-state index in [9.17, 15) is 38.7 Å². The van der Waals surface area contributed by atoms with E-state index in [0.29, 0.717) is 5.56 Å². The van der Waals surface area contributed by atoms with E-state index in [1.807, 2.05) is 13.8 Å². The standard InChI is InChI=1S/C30H45N9O8/c1-17(2)12-20-27(45)35-15-23(40)36-19(10-7-11-33-30(31)32)26(44)34-16-24(41)37-21(14-25(42)43)29(47)39(3)22(28(46)38-20)13-18-8-5-4-6-9-18/h4-6,8-9,17,19-22H,7,10-16H2,1-3H3,(H,34,44)(H,35,45)(H,36,40)(H,37,41)(H,38,46)(H,42,43)(H4,31,32,33)/t19-,20-,21-,22+/m0/s1. The first-order valence-corrected chi connectivity index (χ1v) is 15.2. The molecule has 17 heteroatoms. The van der Waals surface area contributed by atoms with Crippen LogP contribution in [0.1, 0.15) is 45.1 Å². The van der Waals surface area contributed by atoms with Crippen LogP contribution in [0.2, 0.25) is 0 Å². The maximum atomic E-state index is 13.8. The normalized spacial score (nSPS) is 22.2. The number of likely N-dealkylation sites (N-methyl/N-ethyl adjacent to an activating group) is 1. The van der Waals surface area contributed by atoms with Gasteiger partial charge in [-0.1, -0.05) is 44.2 Å². The van der Waals surface area contributed by atoms with Gasteiger partial charge in [-0.05, 0) is 30.7 Å². The molecule has 0 saturated carbocycles. The van der Waals surface area contributed by atoms with Crippen LogP contribution in [0.15, 0.2) is 35.3 Å². The van der Waals surface area contributed by atoms with Crippen LogP contribution in [-0.2, 0) is 40.0 Å². The Balaban J connectivity index is 2.47. The van der Waals surface area contributed by atoms with Crippen molar-refractivity contribution in [1.82, 2.24) is 31.5 Å². The number of nitrogens with two attached hydrogens (primary N) is 2. The minimum Gasteiger partial charge on any atom is -0.481 e. The minimum atomic E-state index is -1.60. The lowest BCUT2D eigenvalue weighted by Crippen LogP contribution is -2.59. The first-order chi connectivity index (χ1) is 22.2. The lowest BCUT2D eigenvalue weighted by atomic mass is 10.00. The average molecular weight is 660 g/mol. The van der Waals surface area contributed by atoms with E-state index in [-0.39, 0.29) is 44.1 Å². The number of guanidine groups is 1. The second-order valence-corrected chi connectivity index (χ2v) is 11.6. The number of nitrogens with one attached hydrogen (secondary N) is 5. The molecule has 0 bridgehead atoms. The molecule has 258 valence electrons. The number of carboxylic acids is 1. The SMILES string of the molecule is CC(C)C[C@@H]1NC(=O)[C@@H](Cc2ccccc2)N(C)C(=O)[C@H](CC(=O)O)NC(=O)CNC(=O)[C@H](CCCN=C(N)N)NC(=O)CNC1=O. The van der Waals surface area contributed by atoms with Crippen molar-refractivity contribution in [2.45, 2.75) is 70.1 Å². The smallest absolute Gasteiger partial charge is 0.305 e. The number of nitrogens with zero attached hydrogens (tertiary/aromatic N) is 2. The molecule has 0 aromatic heterocycles. The molecule has 4 atom stereocenters. The van der Waals surface area contributed by atoms with Crippen molar-refractivity contribution in [3.8, 4) is 0 Å². The van der Waals surface area contributed by atoms with E-state index in [1.165, 1.54) is 7.05 Å². The van der Waals surface area contributed by atoms with Gasteiger partial charge < -0.3 is 48.1 Å². The minimum absolute atomic E-state index is 0.00169. The number of aliphatic carboxylic acids is 1. The molecule has 1 aliphatic rings. The first kappa shape index (κ1) is 38.0. The van der Waals surface area contributed by atoms with Crippen LogP contribution in [0.3, 0.4) is 0 Å². The molecular formula is C30H45N9O8. The molecule has 0 aliphatic carbocycles. The number of amides is 6. The molecule has 1 heterocycles. The zero-order valence-electron chi connectivity index (χ0n) is 26.8. The molecule has 10 N–H and O–H groups in total. The van der Waals surface area contributed by atoms with Crippen molar-refractivity contribution in [1.29, 1.82) is 0 Å². The van der Waals surface area contributed by atoms with Crippen LogP contribution < -0.4 is 38.1 Å². The Morgan fingerprint density at radius 2 is 1.47 bits per heavy atom. The van der Waals surface area contributed by atoms with Gasteiger partial charge >= 0.3 is 5.97 Å². The Labute approximate surface area is 272 Å². The third-order valence-electron chi connectivity index (χ3n) is 7.19. The number of carbonyl (C=O) groups is 7. The molecule has 1 saturated heterocycles. The quantitative estimate of drug-likeness (QED) is 0.0733. The summed E-state index contributed by atoms with van der Waals surface area (Å²) in [5, 5.41) is 21.9. The average Bonchev–Trinajstić information content (AvgIpc) is 3.00. The summed E-state index contributed by atoms with van der Waals surface area (Å²) in [5.74, 6) is -6.22. The second-order valence-electron chi connectivity index (χ2n) is 11.6. The van der Waals surface area contributed by atoms with E-state index in [4.69, 9.17) is 11.5 Å². The predicted octanol–water partition coefficient (Wildman–Crippen LogP) is -2.67. The van der Waals surface area contributed by atoms with Crippen molar-refractivity contribution in [3.05, 3.63) is 35.9 Å². The van der Waals surface area contributed by atoms with E-state index >= 15 is 0 Å². The molecule has 1 fully saturated rings. The van der Waals surface area contributed by atoms with E-state index in [0.717, 1.165) is 4.90 Å². The van der Waals surface area contributed by atoms with Crippen LogP contribution in [-0.4, -0.2) is 108 Å². The second kappa shape index (κ2) is 18.7. The van der Waals surface area contributed by atoms with Crippen LogP contribution in [0.25, 0.3) is 0 Å². The van der Waals surface area contributed by atoms with Crippen molar-refractivity contribution in [2.75, 3.05) is 26.7 Å². The summed E-state index contributed by atoms with van der Waals surface area (Å²) in [6.45, 7) is 2.63. The molecule has 47 heavy (non-hydrogen) atoms. The number of rotatable bonds is 10. The van der Waals surface area contributed by atoms with E-state index in [2.05, 4.69) is 31.6 Å². The summed E-state index contributed by atoms with van der Waals surface area (Å²) < 4.78 is 0. The summed E-state index contributed by atoms with van der Waals surface area (Å²) in [7, 11) is 1.30. The highest BCUT2D eigenvalue weighted by atomic mass is 16.4. The number of benzene rings is 1. The zero-order chi connectivity index (χ0) is 35.1. The van der Waals surface area contributed by atoms with Crippen molar-refractivity contribution in [2.24, 2.45) is 22.4 Å². The molecule has 0 spiro atoms. The Morgan fingerprint density at radius 3 is 2.02 bits per heavy atom. The van der Waals surface area contributed by atoms with Crippen molar-refractivity contribution >= 4 is 47.4 Å². The number of carboxylic acid groups (broad SMARTS) is 1. The monoisotopic (exact) mass is 659 g/mol. The highest BCUT2D eigenvalue weighted by Gasteiger charge is 2.35. The fraction of sp³-hybridized carbons (Fsp3) is 0.533. The molecule has 17 nitrogen and oxygen atoms in total. The summed E-state index contributed by atoms with van der Waals surface area (Å²) in [6.07, 6.45) is -0.304. The van der Waals surface area contributed by atoms with E-state index < -0.39 is 85.1 Å². The maximum absolute atomic E-state index is 13.8. The highest BCUT2D eigenvalue weighted by molar-refractivity contribution is 5.97.